The predicted molar refractivity (Wildman–Crippen MR) is 121 cm³/mol. The van der Waals surface area contributed by atoms with Crippen LogP contribution < -0.4 is 10.2 Å². The van der Waals surface area contributed by atoms with Crippen molar-refractivity contribution < 1.29 is 23.1 Å². The highest BCUT2D eigenvalue weighted by Gasteiger charge is 2.27. The van der Waals surface area contributed by atoms with Crippen molar-refractivity contribution in [1.82, 2.24) is 4.90 Å². The molecule has 1 saturated heterocycles. The van der Waals surface area contributed by atoms with Gasteiger partial charge in [-0.1, -0.05) is 36.4 Å². The second-order valence-corrected chi connectivity index (χ2v) is 7.72. The quantitative estimate of drug-likeness (QED) is 0.535. The average molecular weight is 451 g/mol. The highest BCUT2D eigenvalue weighted by atomic mass is 19.1. The lowest BCUT2D eigenvalue weighted by Gasteiger charge is -2.36. The summed E-state index contributed by atoms with van der Waals surface area (Å²) in [4.78, 5) is 28.3. The van der Waals surface area contributed by atoms with Crippen LogP contribution in [0, 0.1) is 11.6 Å². The van der Waals surface area contributed by atoms with E-state index in [1.807, 2.05) is 30.3 Å². The maximum absolute atomic E-state index is 13.5. The number of rotatable bonds is 6. The standard InChI is InChI=1S/C25H23F2N3O3/c26-20-12-19(13-21(27)14-20)16-29-10-5-11-30(25(29)32)23-9-4-8-22(15-23)28-24(31)33-17-18-6-2-1-3-7-18/h1-4,6-9,12-15H,5,10-11,16-17H2,(H,28,31). The SMILES string of the molecule is O=C(Nc1cccc(N2CCCN(Cc3cc(F)cc(F)c3)C2=O)c1)OCc1ccccc1. The predicted octanol–water partition coefficient (Wildman–Crippen LogP) is 5.55. The number of nitrogens with one attached hydrogen (secondary N) is 1. The number of amides is 3. The van der Waals surface area contributed by atoms with Crippen molar-refractivity contribution in [2.24, 2.45) is 0 Å². The van der Waals surface area contributed by atoms with E-state index >= 15 is 0 Å². The van der Waals surface area contributed by atoms with Crippen molar-refractivity contribution in [2.75, 3.05) is 23.3 Å². The number of anilines is 2. The Labute approximate surface area is 190 Å². The summed E-state index contributed by atoms with van der Waals surface area (Å²) in [6, 6.07) is 19.2. The lowest BCUT2D eigenvalue weighted by atomic mass is 10.1. The number of carbonyl (C=O) groups is 2. The molecule has 170 valence electrons. The Morgan fingerprint density at radius 2 is 1.67 bits per heavy atom. The van der Waals surface area contributed by atoms with Crippen LogP contribution in [0.15, 0.2) is 72.8 Å². The van der Waals surface area contributed by atoms with Crippen molar-refractivity contribution in [3.8, 4) is 0 Å². The van der Waals surface area contributed by atoms with Crippen LogP contribution in [-0.2, 0) is 17.9 Å². The van der Waals surface area contributed by atoms with Gasteiger partial charge in [-0.25, -0.2) is 18.4 Å². The largest absolute Gasteiger partial charge is 0.444 e. The molecule has 0 radical (unpaired) electrons. The monoisotopic (exact) mass is 451 g/mol. The van der Waals surface area contributed by atoms with E-state index in [4.69, 9.17) is 4.74 Å². The molecule has 0 aromatic heterocycles. The molecule has 0 aliphatic carbocycles. The first-order chi connectivity index (χ1) is 16.0. The van der Waals surface area contributed by atoms with Crippen molar-refractivity contribution in [1.29, 1.82) is 0 Å². The Hall–Kier alpha value is -3.94. The molecule has 1 heterocycles. The van der Waals surface area contributed by atoms with Gasteiger partial charge in [0.25, 0.3) is 0 Å². The molecule has 0 unspecified atom stereocenters. The first-order valence-electron chi connectivity index (χ1n) is 10.6. The zero-order valence-electron chi connectivity index (χ0n) is 17.8. The number of carbonyl (C=O) groups excluding carboxylic acids is 2. The molecule has 1 fully saturated rings. The normalized spacial score (nSPS) is 13.7. The molecule has 8 heteroatoms. The van der Waals surface area contributed by atoms with Gasteiger partial charge in [0.05, 0.1) is 0 Å². The fourth-order valence-corrected chi connectivity index (χ4v) is 3.72. The van der Waals surface area contributed by atoms with E-state index < -0.39 is 17.7 Å². The van der Waals surface area contributed by atoms with Gasteiger partial charge in [-0.3, -0.25) is 10.2 Å². The molecular formula is C25H23F2N3O3. The Morgan fingerprint density at radius 1 is 0.909 bits per heavy atom. The summed E-state index contributed by atoms with van der Waals surface area (Å²) >= 11 is 0. The molecule has 3 aromatic rings. The Morgan fingerprint density at radius 3 is 2.42 bits per heavy atom. The maximum atomic E-state index is 13.5. The number of hydrogen-bond donors (Lipinski definition) is 1. The third-order valence-corrected chi connectivity index (χ3v) is 5.22. The molecule has 0 atom stereocenters. The van der Waals surface area contributed by atoms with Gasteiger partial charge in [0.2, 0.25) is 0 Å². The van der Waals surface area contributed by atoms with Crippen LogP contribution in [0.4, 0.5) is 29.7 Å². The van der Waals surface area contributed by atoms with E-state index in [-0.39, 0.29) is 19.2 Å². The first kappa shape index (κ1) is 22.3. The average Bonchev–Trinajstić information content (AvgIpc) is 2.79. The molecule has 33 heavy (non-hydrogen) atoms. The number of halogens is 2. The zero-order valence-corrected chi connectivity index (χ0v) is 17.8. The summed E-state index contributed by atoms with van der Waals surface area (Å²) in [5, 5.41) is 2.67. The number of ether oxygens (including phenoxy) is 1. The smallest absolute Gasteiger partial charge is 0.411 e. The first-order valence-corrected chi connectivity index (χ1v) is 10.6. The van der Waals surface area contributed by atoms with E-state index in [1.165, 1.54) is 12.1 Å². The minimum Gasteiger partial charge on any atom is -0.444 e. The van der Waals surface area contributed by atoms with Crippen LogP contribution in [0.1, 0.15) is 17.5 Å². The number of hydrogen-bond acceptors (Lipinski definition) is 3. The molecule has 0 bridgehead atoms. The third-order valence-electron chi connectivity index (χ3n) is 5.22. The van der Waals surface area contributed by atoms with E-state index in [0.717, 1.165) is 11.6 Å². The lowest BCUT2D eigenvalue weighted by molar-refractivity contribution is 0.155. The molecule has 0 saturated carbocycles. The minimum absolute atomic E-state index is 0.105. The summed E-state index contributed by atoms with van der Waals surface area (Å²) < 4.78 is 32.3. The van der Waals surface area contributed by atoms with E-state index in [9.17, 15) is 18.4 Å². The van der Waals surface area contributed by atoms with E-state index in [1.54, 1.807) is 34.1 Å². The van der Waals surface area contributed by atoms with Crippen LogP contribution in [0.3, 0.4) is 0 Å². The van der Waals surface area contributed by atoms with Gasteiger partial charge in [0.15, 0.2) is 0 Å². The van der Waals surface area contributed by atoms with Crippen molar-refractivity contribution >= 4 is 23.5 Å². The van der Waals surface area contributed by atoms with Gasteiger partial charge in [0.1, 0.15) is 18.2 Å². The fourth-order valence-electron chi connectivity index (χ4n) is 3.72. The fraction of sp³-hybridized carbons (Fsp3) is 0.200. The van der Waals surface area contributed by atoms with Gasteiger partial charge in [0, 0.05) is 37.1 Å². The van der Waals surface area contributed by atoms with Crippen molar-refractivity contribution in [3.63, 3.8) is 0 Å². The van der Waals surface area contributed by atoms with Gasteiger partial charge < -0.3 is 9.64 Å². The van der Waals surface area contributed by atoms with Crippen LogP contribution in [-0.4, -0.2) is 30.1 Å². The van der Waals surface area contributed by atoms with Crippen molar-refractivity contribution in [2.45, 2.75) is 19.6 Å². The van der Waals surface area contributed by atoms with Gasteiger partial charge >= 0.3 is 12.1 Å². The molecule has 1 N–H and O–H groups in total. The summed E-state index contributed by atoms with van der Waals surface area (Å²) in [5.41, 5.74) is 2.36. The van der Waals surface area contributed by atoms with Gasteiger partial charge in [-0.05, 0) is 47.9 Å². The second kappa shape index (κ2) is 10.1. The highest BCUT2D eigenvalue weighted by molar-refractivity contribution is 5.94. The molecular weight excluding hydrogens is 428 g/mol. The third kappa shape index (κ3) is 5.85. The Balaban J connectivity index is 1.40. The summed E-state index contributed by atoms with van der Waals surface area (Å²) in [7, 11) is 0. The van der Waals surface area contributed by atoms with Crippen LogP contribution >= 0.6 is 0 Å². The molecule has 3 aromatic carbocycles. The van der Waals surface area contributed by atoms with Crippen LogP contribution in [0.25, 0.3) is 0 Å². The summed E-state index contributed by atoms with van der Waals surface area (Å²) in [5.74, 6) is -1.35. The van der Waals surface area contributed by atoms with Gasteiger partial charge in [-0.2, -0.15) is 0 Å². The number of urea groups is 1. The number of nitrogens with zero attached hydrogens (tertiary/aromatic N) is 2. The van der Waals surface area contributed by atoms with E-state index in [0.29, 0.717) is 36.4 Å². The maximum Gasteiger partial charge on any atom is 0.411 e. The molecule has 3 amide bonds. The zero-order chi connectivity index (χ0) is 23.2. The van der Waals surface area contributed by atoms with Crippen LogP contribution in [0.2, 0.25) is 0 Å². The molecule has 1 aliphatic heterocycles. The topological polar surface area (TPSA) is 61.9 Å². The highest BCUT2D eigenvalue weighted by Crippen LogP contribution is 2.25. The Bertz CT molecular complexity index is 1120. The van der Waals surface area contributed by atoms with E-state index in [2.05, 4.69) is 5.32 Å². The molecule has 6 nitrogen and oxygen atoms in total. The molecule has 4 rings (SSSR count). The lowest BCUT2D eigenvalue weighted by Crippen LogP contribution is -2.49. The van der Waals surface area contributed by atoms with Gasteiger partial charge in [-0.15, -0.1) is 0 Å². The minimum atomic E-state index is -0.677. The molecule has 1 aliphatic rings. The van der Waals surface area contributed by atoms with Crippen LogP contribution in [0.5, 0.6) is 0 Å². The van der Waals surface area contributed by atoms with Crippen molar-refractivity contribution in [3.05, 3.63) is 95.6 Å². The molecule has 0 spiro atoms. The summed E-state index contributed by atoms with van der Waals surface area (Å²) in [6.45, 7) is 1.23. The second-order valence-electron chi connectivity index (χ2n) is 7.72. The Kier molecular flexibility index (Phi) is 6.83. The summed E-state index contributed by atoms with van der Waals surface area (Å²) in [6.07, 6.45) is 0.0936. The number of benzene rings is 3.